The van der Waals surface area contributed by atoms with Crippen LogP contribution in [-0.4, -0.2) is 33.8 Å². The van der Waals surface area contributed by atoms with Crippen molar-refractivity contribution in [1.29, 1.82) is 0 Å². The van der Waals surface area contributed by atoms with Crippen LogP contribution in [0.1, 0.15) is 40.1 Å². The van der Waals surface area contributed by atoms with Gasteiger partial charge in [-0.25, -0.2) is 9.98 Å². The van der Waals surface area contributed by atoms with Crippen molar-refractivity contribution in [2.24, 2.45) is 4.99 Å². The molecule has 0 saturated heterocycles. The number of aliphatic imine (C=N–C) groups is 1. The van der Waals surface area contributed by atoms with E-state index in [0.29, 0.717) is 6.54 Å². The fourth-order valence-electron chi connectivity index (χ4n) is 3.21. The topological polar surface area (TPSA) is 67.1 Å². The van der Waals surface area contributed by atoms with Crippen molar-refractivity contribution < 1.29 is 0 Å². The summed E-state index contributed by atoms with van der Waals surface area (Å²) in [4.78, 5) is 9.30. The molecule has 1 aromatic carbocycles. The van der Waals surface area contributed by atoms with Gasteiger partial charge in [0.2, 0.25) is 0 Å². The van der Waals surface area contributed by atoms with Gasteiger partial charge >= 0.3 is 0 Å². The first-order valence-corrected chi connectivity index (χ1v) is 10.9. The number of nitrogens with one attached hydrogen (secondary N) is 2. The molecular weight excluding hydrogens is 380 g/mol. The van der Waals surface area contributed by atoms with E-state index in [0.717, 1.165) is 48.4 Å². The molecule has 7 heteroatoms. The summed E-state index contributed by atoms with van der Waals surface area (Å²) in [5.74, 6) is 0.828. The first kappa shape index (κ1) is 21.0. The van der Waals surface area contributed by atoms with Gasteiger partial charge in [0, 0.05) is 36.1 Å². The number of nitrogens with zero attached hydrogens (tertiary/aromatic N) is 4. The quantitative estimate of drug-likeness (QED) is 0.440. The monoisotopic (exact) mass is 410 g/mol. The Bertz CT molecular complexity index is 942. The number of guanidine groups is 1. The van der Waals surface area contributed by atoms with Crippen LogP contribution in [0.15, 0.2) is 40.7 Å². The third-order valence-corrected chi connectivity index (χ3v) is 5.61. The van der Waals surface area contributed by atoms with E-state index in [4.69, 9.17) is 10.1 Å². The van der Waals surface area contributed by atoms with Gasteiger partial charge < -0.3 is 10.6 Å². The Kier molecular flexibility index (Phi) is 7.41. The van der Waals surface area contributed by atoms with Gasteiger partial charge in [0.25, 0.3) is 0 Å². The lowest BCUT2D eigenvalue weighted by Crippen LogP contribution is -2.38. The van der Waals surface area contributed by atoms with Crippen LogP contribution in [0.2, 0.25) is 0 Å². The molecule has 0 atom stereocenters. The molecule has 6 nitrogen and oxygen atoms in total. The molecule has 0 unspecified atom stereocenters. The van der Waals surface area contributed by atoms with Crippen LogP contribution in [0.5, 0.6) is 0 Å². The largest absolute Gasteiger partial charge is 0.357 e. The summed E-state index contributed by atoms with van der Waals surface area (Å²) < 4.78 is 2.07. The Balaban J connectivity index is 1.63. The molecule has 29 heavy (non-hydrogen) atoms. The van der Waals surface area contributed by atoms with Crippen LogP contribution >= 0.6 is 11.3 Å². The van der Waals surface area contributed by atoms with Gasteiger partial charge in [-0.05, 0) is 33.3 Å². The van der Waals surface area contributed by atoms with Crippen molar-refractivity contribution in [3.05, 3.63) is 68.9 Å². The van der Waals surface area contributed by atoms with Gasteiger partial charge in [0.15, 0.2) is 5.96 Å². The van der Waals surface area contributed by atoms with Gasteiger partial charge in [0.05, 0.1) is 29.5 Å². The highest BCUT2D eigenvalue weighted by Gasteiger charge is 2.12. The molecule has 0 radical (unpaired) electrons. The van der Waals surface area contributed by atoms with Crippen LogP contribution in [0.4, 0.5) is 0 Å². The summed E-state index contributed by atoms with van der Waals surface area (Å²) in [6.07, 6.45) is 0.891. The summed E-state index contributed by atoms with van der Waals surface area (Å²) in [5.41, 5.74) is 5.78. The van der Waals surface area contributed by atoms with E-state index in [-0.39, 0.29) is 0 Å². The van der Waals surface area contributed by atoms with Crippen molar-refractivity contribution in [3.8, 4) is 0 Å². The third kappa shape index (κ3) is 5.90. The lowest BCUT2D eigenvalue weighted by Gasteiger charge is -2.11. The highest BCUT2D eigenvalue weighted by Crippen LogP contribution is 2.16. The molecule has 154 valence electrons. The molecule has 0 bridgehead atoms. The summed E-state index contributed by atoms with van der Waals surface area (Å²) in [6.45, 7) is 11.3. The Hall–Kier alpha value is -2.67. The lowest BCUT2D eigenvalue weighted by molar-refractivity contribution is 0.658. The summed E-state index contributed by atoms with van der Waals surface area (Å²) in [7, 11) is 0. The number of hydrogen-bond donors (Lipinski definition) is 2. The summed E-state index contributed by atoms with van der Waals surface area (Å²) in [6, 6.07) is 10.4. The van der Waals surface area contributed by atoms with E-state index < -0.39 is 0 Å². The van der Waals surface area contributed by atoms with Gasteiger partial charge in [-0.15, -0.1) is 11.3 Å². The normalized spacial score (nSPS) is 11.7. The molecule has 0 fully saturated rings. The zero-order chi connectivity index (χ0) is 20.6. The minimum absolute atomic E-state index is 0.609. The standard InChI is InChI=1S/C22H30N6S/c1-5-23-22(24-12-11-20-15-29-18(4)26-20)25-13-21-16(2)27-28(17(21)3)14-19-9-7-6-8-10-19/h6-10,15H,5,11-14H2,1-4H3,(H2,23,24,25). The average molecular weight is 411 g/mol. The molecule has 0 spiro atoms. The molecule has 0 saturated carbocycles. The Morgan fingerprint density at radius 1 is 1.14 bits per heavy atom. The number of rotatable bonds is 8. The second kappa shape index (κ2) is 10.2. The molecule has 2 N–H and O–H groups in total. The lowest BCUT2D eigenvalue weighted by atomic mass is 10.2. The SMILES string of the molecule is CCNC(=NCc1c(C)nn(Cc2ccccc2)c1C)NCCc1csc(C)n1. The molecule has 2 heterocycles. The fourth-order valence-corrected chi connectivity index (χ4v) is 3.85. The Morgan fingerprint density at radius 2 is 1.93 bits per heavy atom. The van der Waals surface area contributed by atoms with Gasteiger partial charge in [-0.3, -0.25) is 4.68 Å². The number of hydrogen-bond acceptors (Lipinski definition) is 4. The van der Waals surface area contributed by atoms with Crippen molar-refractivity contribution >= 4 is 17.3 Å². The predicted octanol–water partition coefficient (Wildman–Crippen LogP) is 3.61. The molecule has 3 aromatic rings. The first-order valence-electron chi connectivity index (χ1n) is 10.1. The number of benzene rings is 1. The molecule has 0 amide bonds. The summed E-state index contributed by atoms with van der Waals surface area (Å²) in [5, 5.41) is 14.7. The van der Waals surface area contributed by atoms with E-state index in [1.807, 2.05) is 13.0 Å². The summed E-state index contributed by atoms with van der Waals surface area (Å²) >= 11 is 1.69. The van der Waals surface area contributed by atoms with E-state index in [2.05, 4.69) is 70.7 Å². The minimum Gasteiger partial charge on any atom is -0.357 e. The number of aromatic nitrogens is 3. The number of aryl methyl sites for hydroxylation is 2. The van der Waals surface area contributed by atoms with Crippen LogP contribution in [-0.2, 0) is 19.5 Å². The zero-order valence-electron chi connectivity index (χ0n) is 17.7. The van der Waals surface area contributed by atoms with E-state index in [9.17, 15) is 0 Å². The molecule has 0 aliphatic heterocycles. The molecule has 0 aliphatic rings. The first-order chi connectivity index (χ1) is 14.1. The van der Waals surface area contributed by atoms with Crippen LogP contribution < -0.4 is 10.6 Å². The maximum Gasteiger partial charge on any atom is 0.191 e. The smallest absolute Gasteiger partial charge is 0.191 e. The van der Waals surface area contributed by atoms with E-state index in [1.54, 1.807) is 11.3 Å². The highest BCUT2D eigenvalue weighted by atomic mass is 32.1. The highest BCUT2D eigenvalue weighted by molar-refractivity contribution is 7.09. The van der Waals surface area contributed by atoms with Gasteiger partial charge in [-0.2, -0.15) is 5.10 Å². The van der Waals surface area contributed by atoms with E-state index >= 15 is 0 Å². The van der Waals surface area contributed by atoms with Gasteiger partial charge in [0.1, 0.15) is 0 Å². The molecule has 3 rings (SSSR count). The van der Waals surface area contributed by atoms with Crippen LogP contribution in [0, 0.1) is 20.8 Å². The Morgan fingerprint density at radius 3 is 2.62 bits per heavy atom. The van der Waals surface area contributed by atoms with E-state index in [1.165, 1.54) is 16.8 Å². The molecular formula is C22H30N6S. The maximum atomic E-state index is 4.79. The molecule has 0 aliphatic carbocycles. The second-order valence-corrected chi connectivity index (χ2v) is 8.08. The Labute approximate surface area is 177 Å². The maximum absolute atomic E-state index is 4.79. The van der Waals surface area contributed by atoms with Crippen molar-refractivity contribution in [2.45, 2.75) is 47.2 Å². The van der Waals surface area contributed by atoms with Crippen molar-refractivity contribution in [2.75, 3.05) is 13.1 Å². The zero-order valence-corrected chi connectivity index (χ0v) is 18.5. The minimum atomic E-state index is 0.609. The van der Waals surface area contributed by atoms with Gasteiger partial charge in [-0.1, -0.05) is 30.3 Å². The number of thiazole rings is 1. The second-order valence-electron chi connectivity index (χ2n) is 7.02. The fraction of sp³-hybridized carbons (Fsp3) is 0.409. The predicted molar refractivity (Wildman–Crippen MR) is 121 cm³/mol. The van der Waals surface area contributed by atoms with Crippen LogP contribution in [0.25, 0.3) is 0 Å². The van der Waals surface area contributed by atoms with Crippen molar-refractivity contribution in [1.82, 2.24) is 25.4 Å². The third-order valence-electron chi connectivity index (χ3n) is 4.79. The average Bonchev–Trinajstić information content (AvgIpc) is 3.24. The van der Waals surface area contributed by atoms with Crippen molar-refractivity contribution in [3.63, 3.8) is 0 Å². The van der Waals surface area contributed by atoms with Crippen LogP contribution in [0.3, 0.4) is 0 Å². The molecule has 2 aromatic heterocycles.